The van der Waals surface area contributed by atoms with Crippen LogP contribution in [0.25, 0.3) is 27.5 Å². The van der Waals surface area contributed by atoms with Gasteiger partial charge >= 0.3 is 0 Å². The van der Waals surface area contributed by atoms with E-state index in [4.69, 9.17) is 5.73 Å². The van der Waals surface area contributed by atoms with Gasteiger partial charge in [-0.05, 0) is 30.3 Å². The van der Waals surface area contributed by atoms with Gasteiger partial charge in [-0.1, -0.05) is 12.1 Å². The van der Waals surface area contributed by atoms with Gasteiger partial charge in [-0.3, -0.25) is 9.55 Å². The molecule has 0 spiro atoms. The van der Waals surface area contributed by atoms with Gasteiger partial charge in [0.15, 0.2) is 0 Å². The number of aromatic nitrogens is 3. The van der Waals surface area contributed by atoms with Crippen molar-refractivity contribution in [2.24, 2.45) is 0 Å². The van der Waals surface area contributed by atoms with Gasteiger partial charge in [0.05, 0.1) is 16.7 Å². The highest BCUT2D eigenvalue weighted by Gasteiger charge is 2.09. The first-order chi connectivity index (χ1) is 9.84. The molecule has 0 saturated heterocycles. The Morgan fingerprint density at radius 2 is 1.85 bits per heavy atom. The van der Waals surface area contributed by atoms with Crippen LogP contribution in [0.15, 0.2) is 61.2 Å². The van der Waals surface area contributed by atoms with Crippen molar-refractivity contribution in [2.75, 3.05) is 5.73 Å². The molecule has 0 aliphatic carbocycles. The maximum atomic E-state index is 6.04. The molecular formula is C16H12N4. The van der Waals surface area contributed by atoms with E-state index in [2.05, 4.69) is 20.6 Å². The minimum Gasteiger partial charge on any atom is -0.398 e. The number of nitrogen functional groups attached to an aromatic ring is 1. The number of rotatable bonds is 1. The minimum atomic E-state index is 0.760. The van der Waals surface area contributed by atoms with Crippen LogP contribution in [-0.4, -0.2) is 14.5 Å². The summed E-state index contributed by atoms with van der Waals surface area (Å²) < 4.78 is 2.07. The van der Waals surface area contributed by atoms with Gasteiger partial charge in [0.2, 0.25) is 0 Å². The van der Waals surface area contributed by atoms with Crippen LogP contribution in [0.3, 0.4) is 0 Å². The predicted molar refractivity (Wildman–Crippen MR) is 80.8 cm³/mol. The lowest BCUT2D eigenvalue weighted by Gasteiger charge is -2.10. The normalized spacial score (nSPS) is 11.2. The van der Waals surface area contributed by atoms with E-state index in [1.807, 2.05) is 48.9 Å². The number of nitrogens with zero attached hydrogens (tertiary/aromatic N) is 3. The fraction of sp³-hybridized carbons (Fsp3) is 0. The van der Waals surface area contributed by atoms with E-state index < -0.39 is 0 Å². The molecule has 0 amide bonds. The highest BCUT2D eigenvalue weighted by Crippen LogP contribution is 2.28. The van der Waals surface area contributed by atoms with Crippen molar-refractivity contribution in [3.63, 3.8) is 0 Å². The maximum Gasteiger partial charge on any atom is 0.100 e. The average Bonchev–Trinajstić information content (AvgIpc) is 2.92. The number of anilines is 1. The Morgan fingerprint density at radius 3 is 2.80 bits per heavy atom. The predicted octanol–water partition coefficient (Wildman–Crippen LogP) is 3.16. The molecule has 0 radical (unpaired) electrons. The number of pyridine rings is 1. The molecule has 2 aromatic carbocycles. The average molecular weight is 260 g/mol. The number of benzene rings is 2. The molecule has 4 nitrogen and oxygen atoms in total. The Labute approximate surface area is 115 Å². The van der Waals surface area contributed by atoms with Crippen molar-refractivity contribution < 1.29 is 0 Å². The fourth-order valence-corrected chi connectivity index (χ4v) is 2.56. The van der Waals surface area contributed by atoms with Gasteiger partial charge in [-0.2, -0.15) is 0 Å². The SMILES string of the molecule is Nc1ccc(-n2cnc3ccccc32)c2cnccc12. The zero-order chi connectivity index (χ0) is 13.5. The lowest BCUT2D eigenvalue weighted by molar-refractivity contribution is 1.10. The fourth-order valence-electron chi connectivity index (χ4n) is 2.56. The van der Waals surface area contributed by atoms with Crippen molar-refractivity contribution in [1.29, 1.82) is 0 Å². The Kier molecular flexibility index (Phi) is 2.23. The molecule has 2 N–H and O–H groups in total. The van der Waals surface area contributed by atoms with Crippen molar-refractivity contribution in [3.05, 3.63) is 61.2 Å². The molecule has 0 atom stereocenters. The van der Waals surface area contributed by atoms with Gasteiger partial charge in [0.25, 0.3) is 0 Å². The smallest absolute Gasteiger partial charge is 0.100 e. The van der Waals surface area contributed by atoms with Gasteiger partial charge in [0, 0.05) is 28.9 Å². The number of para-hydroxylation sites is 2. The van der Waals surface area contributed by atoms with Gasteiger partial charge in [-0.25, -0.2) is 4.98 Å². The first kappa shape index (κ1) is 11.0. The summed E-state index contributed by atoms with van der Waals surface area (Å²) in [6.45, 7) is 0. The molecule has 4 aromatic rings. The molecule has 4 heteroatoms. The minimum absolute atomic E-state index is 0.760. The molecule has 0 bridgehead atoms. The summed E-state index contributed by atoms with van der Waals surface area (Å²) in [5.74, 6) is 0. The first-order valence-corrected chi connectivity index (χ1v) is 6.39. The largest absolute Gasteiger partial charge is 0.398 e. The Bertz CT molecular complexity index is 924. The van der Waals surface area contributed by atoms with Crippen LogP contribution in [0.2, 0.25) is 0 Å². The molecule has 0 aliphatic heterocycles. The number of nitrogens with two attached hydrogens (primary N) is 1. The Morgan fingerprint density at radius 1 is 0.950 bits per heavy atom. The van der Waals surface area contributed by atoms with E-state index in [1.165, 1.54) is 0 Å². The zero-order valence-corrected chi connectivity index (χ0v) is 10.7. The van der Waals surface area contributed by atoms with E-state index >= 15 is 0 Å². The molecule has 0 aliphatic rings. The van der Waals surface area contributed by atoms with E-state index in [-0.39, 0.29) is 0 Å². The van der Waals surface area contributed by atoms with Crippen LogP contribution in [-0.2, 0) is 0 Å². The number of fused-ring (bicyclic) bond motifs is 2. The second-order valence-electron chi connectivity index (χ2n) is 4.70. The number of imidazole rings is 1. The molecule has 4 rings (SSSR count). The monoisotopic (exact) mass is 260 g/mol. The summed E-state index contributed by atoms with van der Waals surface area (Å²) in [4.78, 5) is 8.65. The summed E-state index contributed by atoms with van der Waals surface area (Å²) in [6.07, 6.45) is 5.44. The van der Waals surface area contributed by atoms with E-state index in [1.54, 1.807) is 6.20 Å². The highest BCUT2D eigenvalue weighted by molar-refractivity contribution is 5.98. The molecule has 96 valence electrons. The molecule has 2 heterocycles. The van der Waals surface area contributed by atoms with E-state index in [9.17, 15) is 0 Å². The van der Waals surface area contributed by atoms with Crippen LogP contribution < -0.4 is 5.73 Å². The highest BCUT2D eigenvalue weighted by atomic mass is 15.0. The van der Waals surface area contributed by atoms with Crippen molar-refractivity contribution in [3.8, 4) is 5.69 Å². The van der Waals surface area contributed by atoms with Crippen LogP contribution in [0, 0.1) is 0 Å². The Hall–Kier alpha value is -2.88. The molecule has 0 unspecified atom stereocenters. The van der Waals surface area contributed by atoms with Crippen LogP contribution in [0.4, 0.5) is 5.69 Å². The third kappa shape index (κ3) is 1.48. The van der Waals surface area contributed by atoms with Crippen molar-refractivity contribution >= 4 is 27.5 Å². The molecule has 0 fully saturated rings. The standard InChI is InChI=1S/C16H12N4/c17-13-5-6-15(12-9-18-8-7-11(12)13)20-10-19-14-3-1-2-4-16(14)20/h1-10H,17H2. The van der Waals surface area contributed by atoms with Crippen LogP contribution >= 0.6 is 0 Å². The van der Waals surface area contributed by atoms with Gasteiger partial charge in [-0.15, -0.1) is 0 Å². The van der Waals surface area contributed by atoms with E-state index in [0.717, 1.165) is 33.2 Å². The molecule has 0 saturated carbocycles. The lowest BCUT2D eigenvalue weighted by Crippen LogP contribution is -1.96. The van der Waals surface area contributed by atoms with Crippen LogP contribution in [0.1, 0.15) is 0 Å². The Balaban J connectivity index is 2.10. The topological polar surface area (TPSA) is 56.7 Å². The van der Waals surface area contributed by atoms with Gasteiger partial charge in [0.1, 0.15) is 6.33 Å². The second kappa shape index (κ2) is 4.06. The number of hydrogen-bond acceptors (Lipinski definition) is 3. The quantitative estimate of drug-likeness (QED) is 0.535. The zero-order valence-electron chi connectivity index (χ0n) is 10.7. The third-order valence-corrected chi connectivity index (χ3v) is 3.54. The molecule has 20 heavy (non-hydrogen) atoms. The first-order valence-electron chi connectivity index (χ1n) is 6.39. The summed E-state index contributed by atoms with van der Waals surface area (Å²) in [6, 6.07) is 13.9. The third-order valence-electron chi connectivity index (χ3n) is 3.54. The summed E-state index contributed by atoms with van der Waals surface area (Å²) >= 11 is 0. The second-order valence-corrected chi connectivity index (χ2v) is 4.70. The van der Waals surface area contributed by atoms with Crippen LogP contribution in [0.5, 0.6) is 0 Å². The maximum absolute atomic E-state index is 6.04. The van der Waals surface area contributed by atoms with Gasteiger partial charge < -0.3 is 5.73 Å². The van der Waals surface area contributed by atoms with Crippen molar-refractivity contribution in [2.45, 2.75) is 0 Å². The van der Waals surface area contributed by atoms with E-state index in [0.29, 0.717) is 0 Å². The molecule has 2 aromatic heterocycles. The van der Waals surface area contributed by atoms with Crippen molar-refractivity contribution in [1.82, 2.24) is 14.5 Å². The number of hydrogen-bond donors (Lipinski definition) is 1. The summed E-state index contributed by atoms with van der Waals surface area (Å²) in [5.41, 5.74) is 9.88. The summed E-state index contributed by atoms with van der Waals surface area (Å²) in [5, 5.41) is 2.03. The lowest BCUT2D eigenvalue weighted by atomic mass is 10.1. The molecular weight excluding hydrogens is 248 g/mol. The summed E-state index contributed by atoms with van der Waals surface area (Å²) in [7, 11) is 0.